The topological polar surface area (TPSA) is 88.6 Å². The van der Waals surface area contributed by atoms with Crippen LogP contribution < -0.4 is 10.2 Å². The third kappa shape index (κ3) is 4.92. The van der Waals surface area contributed by atoms with Crippen LogP contribution in [0.15, 0.2) is 81.4 Å². The molecule has 2 amide bonds. The number of amides is 2. The molecular weight excluding hydrogens is 414 g/mol. The highest BCUT2D eigenvalue weighted by atomic mass is 32.1. The first-order valence-corrected chi connectivity index (χ1v) is 10.6. The average molecular weight is 436 g/mol. The Morgan fingerprint density at radius 3 is 2.71 bits per heavy atom. The number of hydrogen-bond acceptors (Lipinski definition) is 6. The van der Waals surface area contributed by atoms with Crippen LogP contribution in [0.25, 0.3) is 0 Å². The van der Waals surface area contributed by atoms with Crippen molar-refractivity contribution in [2.75, 3.05) is 4.90 Å². The van der Waals surface area contributed by atoms with Crippen LogP contribution in [-0.4, -0.2) is 16.8 Å². The Bertz CT molecular complexity index is 1120. The lowest BCUT2D eigenvalue weighted by Crippen LogP contribution is -2.44. The Morgan fingerprint density at radius 2 is 2.06 bits per heavy atom. The summed E-state index contributed by atoms with van der Waals surface area (Å²) in [4.78, 5) is 33.3. The van der Waals surface area contributed by atoms with Crippen molar-refractivity contribution < 1.29 is 18.4 Å². The van der Waals surface area contributed by atoms with E-state index in [2.05, 4.69) is 10.3 Å². The molecule has 0 saturated carbocycles. The van der Waals surface area contributed by atoms with Crippen molar-refractivity contribution in [1.29, 1.82) is 0 Å². The molecule has 4 aromatic heterocycles. The highest BCUT2D eigenvalue weighted by Crippen LogP contribution is 2.30. The summed E-state index contributed by atoms with van der Waals surface area (Å²) in [6, 6.07) is 13.3. The fourth-order valence-electron chi connectivity index (χ4n) is 3.24. The fraction of sp³-hybridized carbons (Fsp3) is 0.174. The molecule has 4 rings (SSSR count). The van der Waals surface area contributed by atoms with Crippen LogP contribution in [-0.2, 0) is 22.6 Å². The minimum atomic E-state index is -1.000. The van der Waals surface area contributed by atoms with Crippen LogP contribution in [0.5, 0.6) is 0 Å². The number of anilines is 1. The van der Waals surface area contributed by atoms with E-state index in [0.717, 1.165) is 4.88 Å². The summed E-state index contributed by atoms with van der Waals surface area (Å²) in [5.74, 6) is 1.02. The van der Waals surface area contributed by atoms with Gasteiger partial charge in [-0.3, -0.25) is 19.5 Å². The number of rotatable bonds is 8. The molecule has 1 unspecified atom stereocenters. The van der Waals surface area contributed by atoms with Crippen molar-refractivity contribution in [1.82, 2.24) is 10.3 Å². The van der Waals surface area contributed by atoms with Gasteiger partial charge in [-0.1, -0.05) is 6.07 Å². The normalized spacial score (nSPS) is 11.8. The lowest BCUT2D eigenvalue weighted by atomic mass is 10.1. The van der Waals surface area contributed by atoms with E-state index in [1.54, 1.807) is 62.0 Å². The number of furan rings is 2. The maximum Gasteiger partial charge on any atom is 0.251 e. The molecule has 1 N–H and O–H groups in total. The number of nitrogens with one attached hydrogen (secondary N) is 1. The van der Waals surface area contributed by atoms with Crippen LogP contribution in [0.3, 0.4) is 0 Å². The zero-order chi connectivity index (χ0) is 21.6. The molecule has 8 heteroatoms. The predicted molar refractivity (Wildman–Crippen MR) is 116 cm³/mol. The van der Waals surface area contributed by atoms with Gasteiger partial charge in [-0.05, 0) is 54.8 Å². The maximum atomic E-state index is 13.4. The SMILES string of the molecule is Cc1ccc(C(C(=O)NCc2ccco2)N(C(=O)Cc2cccs2)c2cccnc2)o1. The molecule has 0 aliphatic carbocycles. The van der Waals surface area contributed by atoms with Crippen LogP contribution in [0.4, 0.5) is 5.69 Å². The number of aryl methyl sites for hydroxylation is 1. The number of nitrogens with zero attached hydrogens (tertiary/aromatic N) is 2. The van der Waals surface area contributed by atoms with Crippen molar-refractivity contribution in [3.8, 4) is 0 Å². The second-order valence-corrected chi connectivity index (χ2v) is 7.91. The lowest BCUT2D eigenvalue weighted by Gasteiger charge is -2.29. The molecule has 31 heavy (non-hydrogen) atoms. The van der Waals surface area contributed by atoms with Gasteiger partial charge in [0.25, 0.3) is 5.91 Å². The summed E-state index contributed by atoms with van der Waals surface area (Å²) in [6.45, 7) is 1.99. The number of carbonyl (C=O) groups is 2. The number of carbonyl (C=O) groups excluding carboxylic acids is 2. The minimum Gasteiger partial charge on any atom is -0.467 e. The van der Waals surface area contributed by atoms with E-state index in [4.69, 9.17) is 8.83 Å². The van der Waals surface area contributed by atoms with Crippen LogP contribution in [0.1, 0.15) is 28.2 Å². The fourth-order valence-corrected chi connectivity index (χ4v) is 3.93. The third-order valence-corrected chi connectivity index (χ3v) is 5.53. The maximum absolute atomic E-state index is 13.4. The molecule has 0 radical (unpaired) electrons. The van der Waals surface area contributed by atoms with Crippen molar-refractivity contribution in [2.24, 2.45) is 0 Å². The molecule has 1 atom stereocenters. The van der Waals surface area contributed by atoms with Crippen molar-refractivity contribution in [2.45, 2.75) is 25.9 Å². The van der Waals surface area contributed by atoms with Gasteiger partial charge in [-0.15, -0.1) is 11.3 Å². The van der Waals surface area contributed by atoms with E-state index >= 15 is 0 Å². The zero-order valence-corrected chi connectivity index (χ0v) is 17.7. The second-order valence-electron chi connectivity index (χ2n) is 6.88. The van der Waals surface area contributed by atoms with Crippen LogP contribution in [0, 0.1) is 6.92 Å². The van der Waals surface area contributed by atoms with Gasteiger partial charge in [0.1, 0.15) is 17.3 Å². The molecule has 0 spiro atoms. The van der Waals surface area contributed by atoms with E-state index in [1.807, 2.05) is 17.5 Å². The molecule has 0 bridgehead atoms. The van der Waals surface area contributed by atoms with E-state index in [0.29, 0.717) is 23.0 Å². The van der Waals surface area contributed by atoms with Crippen LogP contribution >= 0.6 is 11.3 Å². The number of pyridine rings is 1. The number of aromatic nitrogens is 1. The first-order valence-electron chi connectivity index (χ1n) is 9.72. The van der Waals surface area contributed by atoms with Gasteiger partial charge in [-0.2, -0.15) is 0 Å². The predicted octanol–water partition coefficient (Wildman–Crippen LogP) is 4.27. The minimum absolute atomic E-state index is 0.161. The summed E-state index contributed by atoms with van der Waals surface area (Å²) in [5.41, 5.74) is 0.510. The smallest absolute Gasteiger partial charge is 0.251 e. The van der Waals surface area contributed by atoms with Gasteiger partial charge in [-0.25, -0.2) is 0 Å². The van der Waals surface area contributed by atoms with Gasteiger partial charge >= 0.3 is 0 Å². The highest BCUT2D eigenvalue weighted by molar-refractivity contribution is 7.10. The first kappa shape index (κ1) is 20.6. The molecule has 0 fully saturated rings. The summed E-state index contributed by atoms with van der Waals surface area (Å²) < 4.78 is 11.1. The van der Waals surface area contributed by atoms with Crippen molar-refractivity contribution in [3.63, 3.8) is 0 Å². The molecule has 4 heterocycles. The third-order valence-electron chi connectivity index (χ3n) is 4.65. The molecular formula is C23H21N3O4S. The first-order chi connectivity index (χ1) is 15.1. The highest BCUT2D eigenvalue weighted by Gasteiger charge is 2.35. The Kier molecular flexibility index (Phi) is 6.28. The summed E-state index contributed by atoms with van der Waals surface area (Å²) >= 11 is 1.49. The van der Waals surface area contributed by atoms with Crippen molar-refractivity contribution in [3.05, 3.63) is 94.7 Å². The standard InChI is InChI=1S/C23H21N3O4S/c1-16-8-9-20(30-16)22(23(28)25-15-18-6-3-11-29-18)26(17-5-2-10-24-14-17)21(27)13-19-7-4-12-31-19/h2-12,14,22H,13,15H2,1H3,(H,25,28). The molecule has 158 valence electrons. The largest absolute Gasteiger partial charge is 0.467 e. The monoisotopic (exact) mass is 435 g/mol. The Morgan fingerprint density at radius 1 is 1.16 bits per heavy atom. The summed E-state index contributed by atoms with van der Waals surface area (Å²) in [7, 11) is 0. The summed E-state index contributed by atoms with van der Waals surface area (Å²) in [6.07, 6.45) is 4.89. The van der Waals surface area contributed by atoms with Gasteiger partial charge in [0.15, 0.2) is 6.04 Å². The molecule has 0 aliphatic heterocycles. The van der Waals surface area contributed by atoms with Gasteiger partial charge in [0, 0.05) is 11.1 Å². The van der Waals surface area contributed by atoms with E-state index in [1.165, 1.54) is 16.2 Å². The van der Waals surface area contributed by atoms with Crippen molar-refractivity contribution >= 4 is 28.8 Å². The molecule has 0 saturated heterocycles. The Balaban J connectivity index is 1.69. The molecule has 7 nitrogen and oxygen atoms in total. The van der Waals surface area contributed by atoms with Gasteiger partial charge in [0.2, 0.25) is 5.91 Å². The molecule has 4 aromatic rings. The zero-order valence-electron chi connectivity index (χ0n) is 16.9. The quantitative estimate of drug-likeness (QED) is 0.446. The Hall–Kier alpha value is -3.65. The van der Waals surface area contributed by atoms with E-state index < -0.39 is 6.04 Å². The molecule has 0 aromatic carbocycles. The summed E-state index contributed by atoms with van der Waals surface area (Å²) in [5, 5.41) is 4.77. The molecule has 0 aliphatic rings. The number of thiophene rings is 1. The van der Waals surface area contributed by atoms with Crippen LogP contribution in [0.2, 0.25) is 0 Å². The lowest BCUT2D eigenvalue weighted by molar-refractivity contribution is -0.127. The van der Waals surface area contributed by atoms with Gasteiger partial charge < -0.3 is 14.2 Å². The van der Waals surface area contributed by atoms with E-state index in [-0.39, 0.29) is 24.8 Å². The number of hydrogen-bond donors (Lipinski definition) is 1. The van der Waals surface area contributed by atoms with Gasteiger partial charge in [0.05, 0.1) is 31.1 Å². The van der Waals surface area contributed by atoms with E-state index in [9.17, 15) is 9.59 Å². The second kappa shape index (κ2) is 9.44. The Labute approximate surface area is 183 Å². The average Bonchev–Trinajstić information content (AvgIpc) is 3.54.